The van der Waals surface area contributed by atoms with Crippen molar-refractivity contribution in [1.29, 1.82) is 0 Å². The minimum absolute atomic E-state index is 0.299. The van der Waals surface area contributed by atoms with Crippen LogP contribution in [0.5, 0.6) is 0 Å². The van der Waals surface area contributed by atoms with Gasteiger partial charge in [-0.3, -0.25) is 9.59 Å². The fourth-order valence-electron chi connectivity index (χ4n) is 3.15. The predicted octanol–water partition coefficient (Wildman–Crippen LogP) is 2.63. The molecule has 0 fully saturated rings. The number of carbonyl (C=O) groups is 4. The van der Waals surface area contributed by atoms with Crippen LogP contribution in [0.1, 0.15) is 34.6 Å². The summed E-state index contributed by atoms with van der Waals surface area (Å²) in [6, 6.07) is 13.8. The number of hydrogen-bond acceptors (Lipinski definition) is 7. The lowest BCUT2D eigenvalue weighted by Crippen LogP contribution is -2.57. The van der Waals surface area contributed by atoms with Gasteiger partial charge in [0, 0.05) is 13.8 Å². The van der Waals surface area contributed by atoms with Gasteiger partial charge in [0.15, 0.2) is 0 Å². The summed E-state index contributed by atoms with van der Waals surface area (Å²) in [6.45, 7) is 10.7. The highest BCUT2D eigenvalue weighted by Crippen LogP contribution is 2.16. The van der Waals surface area contributed by atoms with Crippen LogP contribution < -0.4 is 10.4 Å². The number of carbonyl (C=O) groups excluding carboxylic acids is 4. The van der Waals surface area contributed by atoms with Crippen molar-refractivity contribution in [3.05, 3.63) is 59.7 Å². The Morgan fingerprint density at radius 1 is 0.581 bits per heavy atom. The van der Waals surface area contributed by atoms with E-state index in [1.165, 1.54) is 13.8 Å². The number of hydrogen-bond donors (Lipinski definition) is 0. The largest absolute Gasteiger partial charge is 0.449 e. The van der Waals surface area contributed by atoms with Crippen LogP contribution in [-0.2, 0) is 23.2 Å². The van der Waals surface area contributed by atoms with Gasteiger partial charge in [-0.1, -0.05) is 24.3 Å². The minimum atomic E-state index is -2.34. The second-order valence-electron chi connectivity index (χ2n) is 8.04. The van der Waals surface area contributed by atoms with Crippen molar-refractivity contribution in [3.63, 3.8) is 0 Å². The van der Waals surface area contributed by atoms with Crippen molar-refractivity contribution >= 4 is 50.9 Å². The Labute approximate surface area is 183 Å². The minimum Gasteiger partial charge on any atom is -0.449 e. The van der Waals surface area contributed by atoms with Gasteiger partial charge >= 0.3 is 23.9 Å². The van der Waals surface area contributed by atoms with Gasteiger partial charge < -0.3 is 13.6 Å². The lowest BCUT2D eigenvalue weighted by molar-refractivity contribution is -0.136. The smallest absolute Gasteiger partial charge is 0.345 e. The standard InChI is InChI=1S/C22H26O7Si2/c1-15(23)27-21(25)17-7-11-19(12-8-17)30(3,4)29-31(5,6)20-13-9-18(10-14-20)22(26)28-16(2)24/h7-14H,1-6H3. The molecule has 0 aliphatic carbocycles. The quantitative estimate of drug-likeness (QED) is 0.373. The summed E-state index contributed by atoms with van der Waals surface area (Å²) in [6.07, 6.45) is 0. The summed E-state index contributed by atoms with van der Waals surface area (Å²) in [5.41, 5.74) is 0.599. The predicted molar refractivity (Wildman–Crippen MR) is 120 cm³/mol. The molecule has 0 heterocycles. The molecular formula is C22H26O7Si2. The first kappa shape index (κ1) is 24.4. The molecule has 2 aromatic carbocycles. The molecule has 0 spiro atoms. The zero-order valence-corrected chi connectivity index (χ0v) is 20.5. The van der Waals surface area contributed by atoms with E-state index < -0.39 is 40.5 Å². The molecule has 0 amide bonds. The lowest BCUT2D eigenvalue weighted by atomic mass is 10.2. The molecule has 0 saturated heterocycles. The van der Waals surface area contributed by atoms with Gasteiger partial charge in [-0.05, 0) is 60.8 Å². The highest BCUT2D eigenvalue weighted by molar-refractivity contribution is 6.96. The maximum Gasteiger partial charge on any atom is 0.345 e. The van der Waals surface area contributed by atoms with Gasteiger partial charge in [-0.15, -0.1) is 0 Å². The number of ether oxygens (including phenoxy) is 2. The third kappa shape index (κ3) is 6.55. The van der Waals surface area contributed by atoms with E-state index >= 15 is 0 Å². The summed E-state index contributed by atoms with van der Waals surface area (Å²) < 4.78 is 15.9. The molecule has 0 bridgehead atoms. The Balaban J connectivity index is 2.17. The summed E-state index contributed by atoms with van der Waals surface area (Å²) >= 11 is 0. The van der Waals surface area contributed by atoms with Crippen molar-refractivity contribution in [3.8, 4) is 0 Å². The van der Waals surface area contributed by atoms with E-state index in [1.807, 2.05) is 24.3 Å². The third-order valence-corrected chi connectivity index (χ3v) is 12.1. The molecule has 0 radical (unpaired) electrons. The monoisotopic (exact) mass is 458 g/mol. The van der Waals surface area contributed by atoms with E-state index in [0.717, 1.165) is 10.4 Å². The van der Waals surface area contributed by atoms with E-state index in [9.17, 15) is 19.2 Å². The molecule has 2 aromatic rings. The molecule has 0 aromatic heterocycles. The van der Waals surface area contributed by atoms with Gasteiger partial charge in [-0.25, -0.2) is 9.59 Å². The Morgan fingerprint density at radius 2 is 0.871 bits per heavy atom. The maximum atomic E-state index is 11.9. The van der Waals surface area contributed by atoms with Crippen molar-refractivity contribution in [1.82, 2.24) is 0 Å². The summed E-state index contributed by atoms with van der Waals surface area (Å²) in [5, 5.41) is 1.99. The van der Waals surface area contributed by atoms with E-state index in [0.29, 0.717) is 11.1 Å². The molecule has 0 unspecified atom stereocenters. The summed E-state index contributed by atoms with van der Waals surface area (Å²) in [7, 11) is -4.68. The summed E-state index contributed by atoms with van der Waals surface area (Å²) in [5.74, 6) is -2.67. The van der Waals surface area contributed by atoms with Crippen LogP contribution in [0.25, 0.3) is 0 Å². The molecule has 164 valence electrons. The van der Waals surface area contributed by atoms with Crippen LogP contribution in [0.15, 0.2) is 48.5 Å². The number of rotatable bonds is 6. The molecule has 31 heavy (non-hydrogen) atoms. The molecule has 0 saturated carbocycles. The average molecular weight is 459 g/mol. The Bertz CT molecular complexity index is 912. The van der Waals surface area contributed by atoms with Crippen LogP contribution in [0, 0.1) is 0 Å². The highest BCUT2D eigenvalue weighted by atomic mass is 28.4. The van der Waals surface area contributed by atoms with Crippen LogP contribution >= 0.6 is 0 Å². The molecule has 7 nitrogen and oxygen atoms in total. The van der Waals surface area contributed by atoms with Crippen LogP contribution in [0.4, 0.5) is 0 Å². The molecule has 0 N–H and O–H groups in total. The zero-order chi connectivity index (χ0) is 23.4. The second kappa shape index (κ2) is 9.50. The molecule has 0 atom stereocenters. The molecule has 2 rings (SSSR count). The molecule has 9 heteroatoms. The van der Waals surface area contributed by atoms with Gasteiger partial charge in [0.2, 0.25) is 16.6 Å². The van der Waals surface area contributed by atoms with Gasteiger partial charge in [0.05, 0.1) is 11.1 Å². The van der Waals surface area contributed by atoms with E-state index in [4.69, 9.17) is 4.12 Å². The average Bonchev–Trinajstić information content (AvgIpc) is 2.66. The number of benzene rings is 2. The third-order valence-electron chi connectivity index (χ3n) is 4.61. The molecule has 0 aliphatic heterocycles. The summed E-state index contributed by atoms with van der Waals surface area (Å²) in [4.78, 5) is 45.6. The lowest BCUT2D eigenvalue weighted by Gasteiger charge is -2.34. The van der Waals surface area contributed by atoms with Gasteiger partial charge in [0.1, 0.15) is 0 Å². The van der Waals surface area contributed by atoms with Crippen LogP contribution in [0.2, 0.25) is 26.2 Å². The fraction of sp³-hybridized carbons (Fsp3) is 0.273. The van der Waals surface area contributed by atoms with Gasteiger partial charge in [-0.2, -0.15) is 0 Å². The first-order chi connectivity index (χ1) is 14.3. The van der Waals surface area contributed by atoms with Crippen LogP contribution in [-0.4, -0.2) is 40.5 Å². The Morgan fingerprint density at radius 3 is 1.13 bits per heavy atom. The highest BCUT2D eigenvalue weighted by Gasteiger charge is 2.36. The molecular weight excluding hydrogens is 432 g/mol. The van der Waals surface area contributed by atoms with Crippen molar-refractivity contribution in [2.45, 2.75) is 40.0 Å². The number of esters is 4. The van der Waals surface area contributed by atoms with Crippen molar-refractivity contribution in [2.75, 3.05) is 0 Å². The van der Waals surface area contributed by atoms with Crippen molar-refractivity contribution < 1.29 is 32.8 Å². The van der Waals surface area contributed by atoms with E-state index in [-0.39, 0.29) is 0 Å². The molecule has 0 aliphatic rings. The zero-order valence-electron chi connectivity index (χ0n) is 18.5. The normalized spacial score (nSPS) is 11.5. The first-order valence-electron chi connectivity index (χ1n) is 9.68. The van der Waals surface area contributed by atoms with E-state index in [1.54, 1.807) is 24.3 Å². The topological polar surface area (TPSA) is 96.0 Å². The van der Waals surface area contributed by atoms with Gasteiger partial charge in [0.25, 0.3) is 0 Å². The van der Waals surface area contributed by atoms with Crippen molar-refractivity contribution in [2.24, 2.45) is 0 Å². The van der Waals surface area contributed by atoms with E-state index in [2.05, 4.69) is 35.7 Å². The Hall–Kier alpha value is -2.89. The maximum absolute atomic E-state index is 11.9. The first-order valence-corrected chi connectivity index (χ1v) is 15.5. The SMILES string of the molecule is CC(=O)OC(=O)c1ccc([Si](C)(C)O[Si](C)(C)c2ccc(C(=O)OC(C)=O)cc2)cc1. The Kier molecular flexibility index (Phi) is 7.47. The van der Waals surface area contributed by atoms with Crippen LogP contribution in [0.3, 0.4) is 0 Å². The fourth-order valence-corrected chi connectivity index (χ4v) is 11.1. The second-order valence-corrected chi connectivity index (χ2v) is 16.1.